The Morgan fingerprint density at radius 2 is 1.82 bits per heavy atom. The van der Waals surface area contributed by atoms with Crippen molar-refractivity contribution >= 4 is 34.9 Å². The molecule has 28 heavy (non-hydrogen) atoms. The molecule has 0 aliphatic heterocycles. The van der Waals surface area contributed by atoms with Crippen LogP contribution < -0.4 is 5.32 Å². The average Bonchev–Trinajstić information content (AvgIpc) is 3.22. The normalized spacial score (nSPS) is 15.0. The maximum absolute atomic E-state index is 12.8. The average molecular weight is 403 g/mol. The summed E-state index contributed by atoms with van der Waals surface area (Å²) in [6.07, 6.45) is 2.30. The summed E-state index contributed by atoms with van der Waals surface area (Å²) in [7, 11) is 0. The molecule has 1 saturated carbocycles. The second kappa shape index (κ2) is 8.84. The fraction of sp³-hybridized carbons (Fsp3) is 0.300. The van der Waals surface area contributed by atoms with E-state index in [-0.39, 0.29) is 22.3 Å². The lowest BCUT2D eigenvalue weighted by Gasteiger charge is -2.20. The van der Waals surface area contributed by atoms with Gasteiger partial charge in [-0.3, -0.25) is 19.7 Å². The standard InChI is InChI=1S/C20H19ClN2O5/c21-16-11-10-15(12-17(16)23(26)27)22-19(24)18(13-6-2-1-3-7-13)28-20(25)14-8-4-5-9-14/h1-3,6-7,10-12,14,18H,4-5,8-9H2,(H,22,24)/t18-/m0/s1. The predicted octanol–water partition coefficient (Wildman–Crippen LogP) is 4.66. The first-order valence-electron chi connectivity index (χ1n) is 8.96. The van der Waals surface area contributed by atoms with E-state index in [1.807, 2.05) is 0 Å². The zero-order chi connectivity index (χ0) is 20.1. The minimum atomic E-state index is -1.15. The van der Waals surface area contributed by atoms with Crippen molar-refractivity contribution < 1.29 is 19.2 Å². The molecule has 0 spiro atoms. The van der Waals surface area contributed by atoms with Gasteiger partial charge in [-0.2, -0.15) is 0 Å². The molecule has 0 aromatic heterocycles. The van der Waals surface area contributed by atoms with Crippen molar-refractivity contribution in [1.82, 2.24) is 0 Å². The van der Waals surface area contributed by atoms with E-state index in [0.29, 0.717) is 5.56 Å². The van der Waals surface area contributed by atoms with Gasteiger partial charge in [-0.25, -0.2) is 0 Å². The monoisotopic (exact) mass is 402 g/mol. The van der Waals surface area contributed by atoms with Crippen LogP contribution in [-0.4, -0.2) is 16.8 Å². The third-order valence-corrected chi connectivity index (χ3v) is 4.99. The summed E-state index contributed by atoms with van der Waals surface area (Å²) in [4.78, 5) is 35.7. The van der Waals surface area contributed by atoms with E-state index in [2.05, 4.69) is 5.32 Å². The van der Waals surface area contributed by atoms with Crippen LogP contribution in [-0.2, 0) is 14.3 Å². The number of nitrogens with zero attached hydrogens (tertiary/aromatic N) is 1. The van der Waals surface area contributed by atoms with E-state index in [1.54, 1.807) is 30.3 Å². The SMILES string of the molecule is O=C(O[C@H](C(=O)Nc1ccc(Cl)c([N+](=O)[O-])c1)c1ccccc1)C1CCCC1. The van der Waals surface area contributed by atoms with E-state index in [4.69, 9.17) is 16.3 Å². The van der Waals surface area contributed by atoms with Gasteiger partial charge in [-0.1, -0.05) is 54.8 Å². The molecule has 0 heterocycles. The van der Waals surface area contributed by atoms with Crippen molar-refractivity contribution in [2.75, 3.05) is 5.32 Å². The lowest BCUT2D eigenvalue weighted by Crippen LogP contribution is -2.28. The van der Waals surface area contributed by atoms with Crippen molar-refractivity contribution in [3.63, 3.8) is 0 Å². The molecule has 2 aromatic carbocycles. The molecule has 1 atom stereocenters. The summed E-state index contributed by atoms with van der Waals surface area (Å²) < 4.78 is 5.54. The van der Waals surface area contributed by atoms with Crippen molar-refractivity contribution in [1.29, 1.82) is 0 Å². The minimum absolute atomic E-state index is 0.0322. The molecule has 1 aliphatic carbocycles. The van der Waals surface area contributed by atoms with Crippen LogP contribution in [0.15, 0.2) is 48.5 Å². The Hall–Kier alpha value is -2.93. The second-order valence-electron chi connectivity index (χ2n) is 6.62. The number of esters is 1. The Labute approximate surface area is 166 Å². The molecule has 0 saturated heterocycles. The van der Waals surface area contributed by atoms with Crippen LogP contribution in [0.4, 0.5) is 11.4 Å². The maximum Gasteiger partial charge on any atom is 0.310 e. The van der Waals surface area contributed by atoms with Gasteiger partial charge in [0, 0.05) is 17.3 Å². The molecule has 146 valence electrons. The number of carbonyl (C=O) groups is 2. The van der Waals surface area contributed by atoms with Crippen LogP contribution in [0.1, 0.15) is 37.4 Å². The van der Waals surface area contributed by atoms with Crippen LogP contribution in [0, 0.1) is 16.0 Å². The highest BCUT2D eigenvalue weighted by atomic mass is 35.5. The molecule has 0 radical (unpaired) electrons. The summed E-state index contributed by atoms with van der Waals surface area (Å²) in [5, 5.41) is 13.6. The molecule has 1 N–H and O–H groups in total. The van der Waals surface area contributed by atoms with Crippen molar-refractivity contribution in [3.8, 4) is 0 Å². The van der Waals surface area contributed by atoms with E-state index < -0.39 is 22.9 Å². The summed E-state index contributed by atoms with van der Waals surface area (Å²) in [5.74, 6) is -1.19. The number of nitro benzene ring substituents is 1. The third-order valence-electron chi connectivity index (χ3n) is 4.67. The lowest BCUT2D eigenvalue weighted by molar-refractivity contribution is -0.384. The van der Waals surface area contributed by atoms with Gasteiger partial charge in [-0.05, 0) is 25.0 Å². The van der Waals surface area contributed by atoms with Gasteiger partial charge in [0.1, 0.15) is 5.02 Å². The maximum atomic E-state index is 12.8. The molecule has 8 heteroatoms. The summed E-state index contributed by atoms with van der Waals surface area (Å²) >= 11 is 5.80. The molecule has 0 bridgehead atoms. The number of nitro groups is 1. The minimum Gasteiger partial charge on any atom is -0.447 e. The van der Waals surface area contributed by atoms with Gasteiger partial charge in [0.2, 0.25) is 6.10 Å². The number of hydrogen-bond donors (Lipinski definition) is 1. The molecule has 0 unspecified atom stereocenters. The Morgan fingerprint density at radius 1 is 1.14 bits per heavy atom. The molecular weight excluding hydrogens is 384 g/mol. The van der Waals surface area contributed by atoms with E-state index in [1.165, 1.54) is 18.2 Å². The lowest BCUT2D eigenvalue weighted by atomic mass is 10.1. The molecular formula is C20H19ClN2O5. The van der Waals surface area contributed by atoms with Crippen molar-refractivity contribution in [3.05, 3.63) is 69.2 Å². The molecule has 3 rings (SSSR count). The fourth-order valence-electron chi connectivity index (χ4n) is 3.21. The largest absolute Gasteiger partial charge is 0.447 e. The van der Waals surface area contributed by atoms with Gasteiger partial charge in [0.15, 0.2) is 0 Å². The van der Waals surface area contributed by atoms with E-state index >= 15 is 0 Å². The molecule has 1 aliphatic rings. The highest BCUT2D eigenvalue weighted by Crippen LogP contribution is 2.30. The number of nitrogens with one attached hydrogen (secondary N) is 1. The van der Waals surface area contributed by atoms with E-state index in [9.17, 15) is 19.7 Å². The number of ether oxygens (including phenoxy) is 1. The molecule has 7 nitrogen and oxygen atoms in total. The number of benzene rings is 2. The van der Waals surface area contributed by atoms with Crippen LogP contribution in [0.3, 0.4) is 0 Å². The number of carbonyl (C=O) groups excluding carboxylic acids is 2. The van der Waals surface area contributed by atoms with Gasteiger partial charge >= 0.3 is 5.97 Å². The van der Waals surface area contributed by atoms with Gasteiger partial charge in [-0.15, -0.1) is 0 Å². The first-order chi connectivity index (χ1) is 13.5. The predicted molar refractivity (Wildman–Crippen MR) is 104 cm³/mol. The highest BCUT2D eigenvalue weighted by Gasteiger charge is 2.31. The summed E-state index contributed by atoms with van der Waals surface area (Å²) in [6.45, 7) is 0. The number of amides is 1. The Morgan fingerprint density at radius 3 is 2.46 bits per heavy atom. The van der Waals surface area contributed by atoms with Crippen LogP contribution >= 0.6 is 11.6 Å². The highest BCUT2D eigenvalue weighted by molar-refractivity contribution is 6.32. The zero-order valence-corrected chi connectivity index (χ0v) is 15.7. The Kier molecular flexibility index (Phi) is 6.26. The number of halogens is 1. The van der Waals surface area contributed by atoms with Crippen molar-refractivity contribution in [2.24, 2.45) is 5.92 Å². The van der Waals surface area contributed by atoms with Gasteiger partial charge in [0.25, 0.3) is 11.6 Å². The van der Waals surface area contributed by atoms with Gasteiger partial charge < -0.3 is 10.1 Å². The third kappa shape index (κ3) is 4.67. The molecule has 1 amide bonds. The Balaban J connectivity index is 1.81. The first kappa shape index (κ1) is 19.8. The zero-order valence-electron chi connectivity index (χ0n) is 15.0. The second-order valence-corrected chi connectivity index (χ2v) is 7.03. The number of hydrogen-bond acceptors (Lipinski definition) is 5. The topological polar surface area (TPSA) is 98.5 Å². The number of anilines is 1. The van der Waals surface area contributed by atoms with Crippen molar-refractivity contribution in [2.45, 2.75) is 31.8 Å². The summed E-state index contributed by atoms with van der Waals surface area (Å²) in [6, 6.07) is 12.6. The number of rotatable bonds is 6. The Bertz CT molecular complexity index is 881. The van der Waals surface area contributed by atoms with Crippen LogP contribution in [0.5, 0.6) is 0 Å². The smallest absolute Gasteiger partial charge is 0.310 e. The van der Waals surface area contributed by atoms with E-state index in [0.717, 1.165) is 25.7 Å². The summed E-state index contributed by atoms with van der Waals surface area (Å²) in [5.41, 5.74) is 0.396. The molecule has 1 fully saturated rings. The fourth-order valence-corrected chi connectivity index (χ4v) is 3.40. The van der Waals surface area contributed by atoms with Crippen LogP contribution in [0.25, 0.3) is 0 Å². The molecule has 2 aromatic rings. The van der Waals surface area contributed by atoms with Gasteiger partial charge in [0.05, 0.1) is 10.8 Å². The van der Waals surface area contributed by atoms with Crippen LogP contribution in [0.2, 0.25) is 5.02 Å². The quantitative estimate of drug-likeness (QED) is 0.430. The first-order valence-corrected chi connectivity index (χ1v) is 9.34.